The van der Waals surface area contributed by atoms with Crippen molar-refractivity contribution in [2.24, 2.45) is 0 Å². The second kappa shape index (κ2) is 10.9. The predicted molar refractivity (Wildman–Crippen MR) is 201 cm³/mol. The van der Waals surface area contributed by atoms with Gasteiger partial charge in [-0.15, -0.1) is 10.2 Å². The first-order chi connectivity index (χ1) is 24.3. The van der Waals surface area contributed by atoms with Crippen molar-refractivity contribution in [2.45, 2.75) is 0 Å². The minimum absolute atomic E-state index is 0.848. The summed E-state index contributed by atoms with van der Waals surface area (Å²) in [6.07, 6.45) is 5.72. The maximum absolute atomic E-state index is 5.07. The summed E-state index contributed by atoms with van der Waals surface area (Å²) in [6.45, 7) is 0. The molecule has 0 aliphatic carbocycles. The maximum atomic E-state index is 5.07. The molecule has 0 amide bonds. The van der Waals surface area contributed by atoms with Crippen molar-refractivity contribution in [3.8, 4) is 39.1 Å². The molecule has 5 heteroatoms. The van der Waals surface area contributed by atoms with Crippen LogP contribution in [0.5, 0.6) is 0 Å². The van der Waals surface area contributed by atoms with Gasteiger partial charge in [0.15, 0.2) is 0 Å². The van der Waals surface area contributed by atoms with Crippen LogP contribution in [0.15, 0.2) is 164 Å². The molecule has 0 atom stereocenters. The number of nitrogens with zero attached hydrogens (tertiary/aromatic N) is 5. The van der Waals surface area contributed by atoms with Gasteiger partial charge in [-0.2, -0.15) is 4.80 Å². The van der Waals surface area contributed by atoms with Crippen molar-refractivity contribution in [1.29, 1.82) is 0 Å². The van der Waals surface area contributed by atoms with Crippen molar-refractivity contribution in [1.82, 2.24) is 25.0 Å². The van der Waals surface area contributed by atoms with Crippen LogP contribution in [-0.4, -0.2) is 25.0 Å². The van der Waals surface area contributed by atoms with Crippen LogP contribution in [0.3, 0.4) is 0 Å². The Kier molecular flexibility index (Phi) is 6.11. The van der Waals surface area contributed by atoms with E-state index >= 15 is 0 Å². The molecule has 10 aromatic rings. The third-order valence-electron chi connectivity index (χ3n) is 9.57. The van der Waals surface area contributed by atoms with Gasteiger partial charge in [0.25, 0.3) is 0 Å². The Morgan fingerprint density at radius 1 is 0.429 bits per heavy atom. The Bertz CT molecular complexity index is 2820. The van der Waals surface area contributed by atoms with E-state index in [0.717, 1.165) is 60.6 Å². The number of aromatic nitrogens is 5. The van der Waals surface area contributed by atoms with Crippen molar-refractivity contribution in [3.63, 3.8) is 0 Å². The minimum Gasteiger partial charge on any atom is -0.264 e. The Labute approximate surface area is 281 Å². The lowest BCUT2D eigenvalue weighted by Crippen LogP contribution is -1.98. The Morgan fingerprint density at radius 2 is 1.08 bits per heavy atom. The monoisotopic (exact) mass is 625 g/mol. The molecular formula is C44H27N5. The van der Waals surface area contributed by atoms with E-state index in [-0.39, 0.29) is 0 Å². The average Bonchev–Trinajstić information content (AvgIpc) is 3.61. The highest BCUT2D eigenvalue weighted by atomic mass is 15.5. The molecule has 0 bridgehead atoms. The van der Waals surface area contributed by atoms with E-state index in [0.29, 0.717) is 0 Å². The smallest absolute Gasteiger partial charge is 0.121 e. The number of hydrogen-bond donors (Lipinski definition) is 0. The van der Waals surface area contributed by atoms with Gasteiger partial charge in [0.1, 0.15) is 11.0 Å². The first-order valence-electron chi connectivity index (χ1n) is 16.4. The number of fused-ring (bicyclic) bond motifs is 6. The van der Waals surface area contributed by atoms with Crippen LogP contribution in [0, 0.1) is 0 Å². The average molecular weight is 626 g/mol. The second-order valence-corrected chi connectivity index (χ2v) is 12.4. The second-order valence-electron chi connectivity index (χ2n) is 12.4. The third kappa shape index (κ3) is 4.40. The zero-order chi connectivity index (χ0) is 32.3. The number of rotatable bonds is 4. The highest BCUT2D eigenvalue weighted by molar-refractivity contribution is 6.25. The summed E-state index contributed by atoms with van der Waals surface area (Å²) in [5, 5.41) is 18.2. The van der Waals surface area contributed by atoms with Crippen molar-refractivity contribution in [3.05, 3.63) is 164 Å². The van der Waals surface area contributed by atoms with Crippen molar-refractivity contribution < 1.29 is 0 Å². The zero-order valence-electron chi connectivity index (χ0n) is 26.3. The molecule has 0 radical (unpaired) electrons. The van der Waals surface area contributed by atoms with Gasteiger partial charge in [-0.3, -0.25) is 9.97 Å². The number of hydrogen-bond acceptors (Lipinski definition) is 4. The molecule has 228 valence electrons. The first kappa shape index (κ1) is 27.4. The molecule has 10 rings (SSSR count). The SMILES string of the molecule is c1cncc(-c2c3ccccc3c(-c3cc4nn(-c5ccc(-c6cnc7ccccc7c6)cc5)nc4c4ccccc34)c3ccccc23)c1. The normalized spacial score (nSPS) is 11.7. The molecule has 0 spiro atoms. The van der Waals surface area contributed by atoms with E-state index in [2.05, 4.69) is 131 Å². The number of para-hydroxylation sites is 1. The fourth-order valence-corrected chi connectivity index (χ4v) is 7.32. The summed E-state index contributed by atoms with van der Waals surface area (Å²) >= 11 is 0. The molecule has 0 saturated heterocycles. The van der Waals surface area contributed by atoms with Crippen molar-refractivity contribution >= 4 is 54.3 Å². The highest BCUT2D eigenvalue weighted by Gasteiger charge is 2.20. The topological polar surface area (TPSA) is 56.5 Å². The van der Waals surface area contributed by atoms with E-state index in [9.17, 15) is 0 Å². The highest BCUT2D eigenvalue weighted by Crippen LogP contribution is 2.46. The molecule has 3 aromatic heterocycles. The van der Waals surface area contributed by atoms with Gasteiger partial charge in [0.2, 0.25) is 0 Å². The van der Waals surface area contributed by atoms with Gasteiger partial charge in [0.05, 0.1) is 11.2 Å². The Hall–Kier alpha value is -6.72. The quantitative estimate of drug-likeness (QED) is 0.183. The van der Waals surface area contributed by atoms with E-state index in [1.54, 1.807) is 4.80 Å². The van der Waals surface area contributed by atoms with Gasteiger partial charge < -0.3 is 0 Å². The van der Waals surface area contributed by atoms with Gasteiger partial charge in [0, 0.05) is 40.5 Å². The Morgan fingerprint density at radius 3 is 1.80 bits per heavy atom. The van der Waals surface area contributed by atoms with Crippen LogP contribution >= 0.6 is 0 Å². The number of benzene rings is 7. The lowest BCUT2D eigenvalue weighted by molar-refractivity contribution is 0.766. The zero-order valence-corrected chi connectivity index (χ0v) is 26.3. The van der Waals surface area contributed by atoms with Crippen LogP contribution in [0.1, 0.15) is 0 Å². The fraction of sp³-hybridized carbons (Fsp3) is 0. The molecule has 49 heavy (non-hydrogen) atoms. The molecule has 7 aromatic carbocycles. The van der Waals surface area contributed by atoms with Crippen LogP contribution in [0.2, 0.25) is 0 Å². The summed E-state index contributed by atoms with van der Waals surface area (Å²) in [5.74, 6) is 0. The molecule has 0 fully saturated rings. The third-order valence-corrected chi connectivity index (χ3v) is 9.57. The molecule has 0 aliphatic rings. The van der Waals surface area contributed by atoms with Crippen molar-refractivity contribution in [2.75, 3.05) is 0 Å². The van der Waals surface area contributed by atoms with Crippen LogP contribution in [0.4, 0.5) is 0 Å². The lowest BCUT2D eigenvalue weighted by Gasteiger charge is -2.18. The molecule has 0 aliphatic heterocycles. The van der Waals surface area contributed by atoms with E-state index < -0.39 is 0 Å². The van der Waals surface area contributed by atoms with Gasteiger partial charge >= 0.3 is 0 Å². The van der Waals surface area contributed by atoms with Crippen LogP contribution in [0.25, 0.3) is 93.3 Å². The molecule has 0 N–H and O–H groups in total. The van der Waals surface area contributed by atoms with Crippen LogP contribution in [-0.2, 0) is 0 Å². The molecule has 3 heterocycles. The summed E-state index contributed by atoms with van der Waals surface area (Å²) in [7, 11) is 0. The molecular weight excluding hydrogens is 599 g/mol. The lowest BCUT2D eigenvalue weighted by atomic mass is 9.85. The van der Waals surface area contributed by atoms with Gasteiger partial charge in [-0.1, -0.05) is 109 Å². The first-order valence-corrected chi connectivity index (χ1v) is 16.4. The van der Waals surface area contributed by atoms with E-state index in [1.165, 1.54) is 32.7 Å². The summed E-state index contributed by atoms with van der Waals surface area (Å²) in [5.41, 5.74) is 10.4. The largest absolute Gasteiger partial charge is 0.264 e. The van der Waals surface area contributed by atoms with Gasteiger partial charge in [-0.05, 0) is 85.6 Å². The molecule has 0 saturated carbocycles. The number of pyridine rings is 2. The fourth-order valence-electron chi connectivity index (χ4n) is 7.32. The van der Waals surface area contributed by atoms with E-state index in [1.807, 2.05) is 42.9 Å². The molecule has 0 unspecified atom stereocenters. The Balaban J connectivity index is 1.16. The molecule has 5 nitrogen and oxygen atoms in total. The standard InChI is InChI=1S/C44H27N5/c1-8-18-40-29(10-1)24-31(27-46-40)28-19-21-32(22-20-28)49-47-41-25-39(33-12-2-7-17-38(33)44(41)48-49)43-36-15-5-3-13-34(36)42(30-11-9-23-45-26-30)35-14-4-6-16-37(35)43/h1-27H. The summed E-state index contributed by atoms with van der Waals surface area (Å²) in [4.78, 5) is 10.9. The summed E-state index contributed by atoms with van der Waals surface area (Å²) in [6, 6.07) is 51.1. The minimum atomic E-state index is 0.848. The predicted octanol–water partition coefficient (Wildman–Crippen LogP) is 10.8. The summed E-state index contributed by atoms with van der Waals surface area (Å²) < 4.78 is 0. The van der Waals surface area contributed by atoms with Gasteiger partial charge in [-0.25, -0.2) is 0 Å². The van der Waals surface area contributed by atoms with E-state index in [4.69, 9.17) is 10.2 Å². The van der Waals surface area contributed by atoms with Crippen LogP contribution < -0.4 is 0 Å². The maximum Gasteiger partial charge on any atom is 0.121 e.